The third kappa shape index (κ3) is 3.18. The van der Waals surface area contributed by atoms with Gasteiger partial charge in [-0.2, -0.15) is 0 Å². The second-order valence-electron chi connectivity index (χ2n) is 6.31. The van der Waals surface area contributed by atoms with Crippen LogP contribution in [-0.4, -0.2) is 11.2 Å². The van der Waals surface area contributed by atoms with Gasteiger partial charge in [0.1, 0.15) is 11.5 Å². The summed E-state index contributed by atoms with van der Waals surface area (Å²) < 4.78 is 6.04. The van der Waals surface area contributed by atoms with E-state index in [1.54, 1.807) is 6.07 Å². The summed E-state index contributed by atoms with van der Waals surface area (Å²) in [5, 5.41) is 9.92. The van der Waals surface area contributed by atoms with E-state index in [1.807, 2.05) is 12.1 Å². The second-order valence-corrected chi connectivity index (χ2v) is 6.31. The number of phenolic OH excluding ortho intramolecular Hbond substituents is 1. The van der Waals surface area contributed by atoms with Gasteiger partial charge in [0, 0.05) is 5.56 Å². The summed E-state index contributed by atoms with van der Waals surface area (Å²) in [6.07, 6.45) is 6.56. The SMILES string of the molecule is CC(C)(C)c1cc(OC2CCCCC2)ccc1O. The smallest absolute Gasteiger partial charge is 0.120 e. The second kappa shape index (κ2) is 5.21. The molecule has 18 heavy (non-hydrogen) atoms. The highest BCUT2D eigenvalue weighted by Crippen LogP contribution is 2.34. The molecule has 0 amide bonds. The lowest BCUT2D eigenvalue weighted by Gasteiger charge is -2.25. The van der Waals surface area contributed by atoms with Crippen LogP contribution < -0.4 is 4.74 Å². The van der Waals surface area contributed by atoms with Gasteiger partial charge in [-0.15, -0.1) is 0 Å². The topological polar surface area (TPSA) is 29.5 Å². The molecule has 0 atom stereocenters. The number of benzene rings is 1. The number of hydrogen-bond donors (Lipinski definition) is 1. The summed E-state index contributed by atoms with van der Waals surface area (Å²) in [6, 6.07) is 5.61. The van der Waals surface area contributed by atoms with Crippen molar-refractivity contribution in [3.05, 3.63) is 23.8 Å². The van der Waals surface area contributed by atoms with Crippen LogP contribution in [0.1, 0.15) is 58.4 Å². The molecule has 0 unspecified atom stereocenters. The molecule has 0 heterocycles. The molecular formula is C16H24O2. The summed E-state index contributed by atoms with van der Waals surface area (Å²) in [4.78, 5) is 0. The largest absolute Gasteiger partial charge is 0.508 e. The fraction of sp³-hybridized carbons (Fsp3) is 0.625. The molecule has 0 saturated heterocycles. The molecule has 2 rings (SSSR count). The number of hydrogen-bond acceptors (Lipinski definition) is 2. The fourth-order valence-electron chi connectivity index (χ4n) is 2.56. The third-order valence-corrected chi connectivity index (χ3v) is 3.63. The van der Waals surface area contributed by atoms with Crippen LogP contribution in [0.2, 0.25) is 0 Å². The summed E-state index contributed by atoms with van der Waals surface area (Å²) in [7, 11) is 0. The van der Waals surface area contributed by atoms with E-state index < -0.39 is 0 Å². The first-order valence-corrected chi connectivity index (χ1v) is 6.97. The minimum absolute atomic E-state index is 0.0595. The van der Waals surface area contributed by atoms with E-state index in [2.05, 4.69) is 20.8 Å². The Labute approximate surface area is 110 Å². The Morgan fingerprint density at radius 1 is 1.11 bits per heavy atom. The van der Waals surface area contributed by atoms with Gasteiger partial charge in [-0.3, -0.25) is 0 Å². The van der Waals surface area contributed by atoms with Crippen LogP contribution in [0.15, 0.2) is 18.2 Å². The number of phenols is 1. The van der Waals surface area contributed by atoms with Crippen molar-refractivity contribution in [3.63, 3.8) is 0 Å². The van der Waals surface area contributed by atoms with Crippen LogP contribution in [0.3, 0.4) is 0 Å². The first-order valence-electron chi connectivity index (χ1n) is 6.97. The van der Waals surface area contributed by atoms with Gasteiger partial charge in [-0.05, 0) is 49.3 Å². The maximum absolute atomic E-state index is 9.92. The lowest BCUT2D eigenvalue weighted by Crippen LogP contribution is -2.20. The predicted molar refractivity (Wildman–Crippen MR) is 74.3 cm³/mol. The molecule has 2 nitrogen and oxygen atoms in total. The van der Waals surface area contributed by atoms with E-state index in [-0.39, 0.29) is 5.41 Å². The average molecular weight is 248 g/mol. The Morgan fingerprint density at radius 3 is 2.39 bits per heavy atom. The molecule has 0 aromatic heterocycles. The van der Waals surface area contributed by atoms with E-state index >= 15 is 0 Å². The molecule has 1 aliphatic carbocycles. The minimum Gasteiger partial charge on any atom is -0.508 e. The van der Waals surface area contributed by atoms with Crippen molar-refractivity contribution in [2.75, 3.05) is 0 Å². The van der Waals surface area contributed by atoms with Crippen LogP contribution >= 0.6 is 0 Å². The Balaban J connectivity index is 2.14. The van der Waals surface area contributed by atoms with Gasteiger partial charge in [0.15, 0.2) is 0 Å². The average Bonchev–Trinajstić information content (AvgIpc) is 2.31. The van der Waals surface area contributed by atoms with Gasteiger partial charge >= 0.3 is 0 Å². The molecule has 1 fully saturated rings. The molecule has 0 spiro atoms. The predicted octanol–water partition coefficient (Wildman–Crippen LogP) is 4.40. The molecule has 1 N–H and O–H groups in total. The highest BCUT2D eigenvalue weighted by Gasteiger charge is 2.20. The summed E-state index contributed by atoms with van der Waals surface area (Å²) >= 11 is 0. The zero-order valence-electron chi connectivity index (χ0n) is 11.7. The van der Waals surface area contributed by atoms with Gasteiger partial charge in [0.05, 0.1) is 6.10 Å². The lowest BCUT2D eigenvalue weighted by atomic mass is 9.86. The quantitative estimate of drug-likeness (QED) is 0.840. The van der Waals surface area contributed by atoms with E-state index in [0.717, 1.165) is 24.2 Å². The molecule has 2 heteroatoms. The maximum Gasteiger partial charge on any atom is 0.120 e. The number of ether oxygens (including phenoxy) is 1. The standard InChI is InChI=1S/C16H24O2/c1-16(2,3)14-11-13(9-10-15(14)17)18-12-7-5-4-6-8-12/h9-12,17H,4-8H2,1-3H3. The number of aromatic hydroxyl groups is 1. The maximum atomic E-state index is 9.92. The van der Waals surface area contributed by atoms with E-state index in [4.69, 9.17) is 4.74 Å². The van der Waals surface area contributed by atoms with Crippen molar-refractivity contribution in [2.45, 2.75) is 64.4 Å². The molecular weight excluding hydrogens is 224 g/mol. The highest BCUT2D eigenvalue weighted by atomic mass is 16.5. The zero-order chi connectivity index (χ0) is 13.2. The van der Waals surface area contributed by atoms with Gasteiger partial charge in [0.25, 0.3) is 0 Å². The molecule has 0 radical (unpaired) electrons. The van der Waals surface area contributed by atoms with E-state index in [9.17, 15) is 5.11 Å². The van der Waals surface area contributed by atoms with Crippen molar-refractivity contribution in [2.24, 2.45) is 0 Å². The van der Waals surface area contributed by atoms with Crippen molar-refractivity contribution in [3.8, 4) is 11.5 Å². The first kappa shape index (κ1) is 13.3. The van der Waals surface area contributed by atoms with E-state index in [0.29, 0.717) is 11.9 Å². The Kier molecular flexibility index (Phi) is 3.84. The molecule has 0 aliphatic heterocycles. The van der Waals surface area contributed by atoms with Gasteiger partial charge in [-0.25, -0.2) is 0 Å². The molecule has 1 saturated carbocycles. The van der Waals surface area contributed by atoms with Gasteiger partial charge in [-0.1, -0.05) is 27.2 Å². The fourth-order valence-corrected chi connectivity index (χ4v) is 2.56. The Morgan fingerprint density at radius 2 is 1.78 bits per heavy atom. The van der Waals surface area contributed by atoms with Crippen LogP contribution in [0, 0.1) is 0 Å². The zero-order valence-corrected chi connectivity index (χ0v) is 11.7. The summed E-state index contributed by atoms with van der Waals surface area (Å²) in [5.41, 5.74) is 0.895. The van der Waals surface area contributed by atoms with Crippen molar-refractivity contribution >= 4 is 0 Å². The lowest BCUT2D eigenvalue weighted by molar-refractivity contribution is 0.154. The molecule has 100 valence electrons. The number of rotatable bonds is 2. The Hall–Kier alpha value is -1.18. The molecule has 0 bridgehead atoms. The molecule has 1 aromatic rings. The normalized spacial score (nSPS) is 17.7. The van der Waals surface area contributed by atoms with Crippen LogP contribution in [0.25, 0.3) is 0 Å². The van der Waals surface area contributed by atoms with Gasteiger partial charge in [0.2, 0.25) is 0 Å². The van der Waals surface area contributed by atoms with Crippen molar-refractivity contribution in [1.29, 1.82) is 0 Å². The van der Waals surface area contributed by atoms with Crippen molar-refractivity contribution < 1.29 is 9.84 Å². The highest BCUT2D eigenvalue weighted by molar-refractivity contribution is 5.43. The third-order valence-electron chi connectivity index (χ3n) is 3.63. The van der Waals surface area contributed by atoms with Crippen LogP contribution in [0.4, 0.5) is 0 Å². The van der Waals surface area contributed by atoms with Gasteiger partial charge < -0.3 is 9.84 Å². The first-order chi connectivity index (χ1) is 8.47. The summed E-state index contributed by atoms with van der Waals surface area (Å²) in [5.74, 6) is 1.25. The molecule has 1 aliphatic rings. The van der Waals surface area contributed by atoms with Crippen LogP contribution in [0.5, 0.6) is 11.5 Å². The monoisotopic (exact) mass is 248 g/mol. The van der Waals surface area contributed by atoms with Crippen LogP contribution in [-0.2, 0) is 5.41 Å². The van der Waals surface area contributed by atoms with Crippen molar-refractivity contribution in [1.82, 2.24) is 0 Å². The Bertz CT molecular complexity index is 398. The van der Waals surface area contributed by atoms with E-state index in [1.165, 1.54) is 19.3 Å². The molecule has 1 aromatic carbocycles. The summed E-state index contributed by atoms with van der Waals surface area (Å²) in [6.45, 7) is 6.31. The minimum atomic E-state index is -0.0595.